The summed E-state index contributed by atoms with van der Waals surface area (Å²) in [7, 11) is 0. The quantitative estimate of drug-likeness (QED) is 0.346. The van der Waals surface area contributed by atoms with E-state index in [1.165, 1.54) is 0 Å². The molecule has 0 spiro atoms. The second kappa shape index (κ2) is 6.68. The summed E-state index contributed by atoms with van der Waals surface area (Å²) in [5.41, 5.74) is 3.08. The van der Waals surface area contributed by atoms with Crippen LogP contribution in [0.5, 0.6) is 0 Å². The molecule has 1 aliphatic rings. The molecule has 6 heteroatoms. The zero-order chi connectivity index (χ0) is 16.2. The fourth-order valence-corrected chi connectivity index (χ4v) is 2.66. The molecular weight excluding hydrogens is 405 g/mol. The van der Waals surface area contributed by atoms with Gasteiger partial charge in [-0.1, -0.05) is 30.3 Å². The number of nitrogens with one attached hydrogen (secondary N) is 1. The maximum absolute atomic E-state index is 12.0. The minimum atomic E-state index is -0.434. The van der Waals surface area contributed by atoms with Crippen molar-refractivity contribution in [2.75, 3.05) is 0 Å². The Hall–Kier alpha value is -2.57. The van der Waals surface area contributed by atoms with Crippen molar-refractivity contribution in [2.45, 2.75) is 0 Å². The molecule has 0 fully saturated rings. The van der Waals surface area contributed by atoms with Crippen LogP contribution in [0.1, 0.15) is 10.4 Å². The molecule has 1 N–H and O–H groups in total. The zero-order valence-electron chi connectivity index (χ0n) is 11.8. The zero-order valence-corrected chi connectivity index (χ0v) is 13.9. The monoisotopic (exact) mass is 415 g/mol. The number of hydrogen-bond donors (Lipinski definition) is 1. The number of para-hydroxylation sites is 1. The van der Waals surface area contributed by atoms with E-state index in [-0.39, 0.29) is 11.5 Å². The van der Waals surface area contributed by atoms with Crippen molar-refractivity contribution in [3.8, 4) is 0 Å². The third-order valence-corrected chi connectivity index (χ3v) is 4.08. The Morgan fingerprint density at radius 3 is 2.70 bits per heavy atom. The maximum Gasteiger partial charge on any atom is 0.287 e. The smallest absolute Gasteiger partial charge is 0.267 e. The molecule has 0 radical (unpaired) electrons. The Labute approximate surface area is 145 Å². The van der Waals surface area contributed by atoms with Gasteiger partial charge in [-0.2, -0.15) is 0 Å². The SMILES string of the molecule is O=C1N=c2ccccc2=CC1=C=NNC(=O)c1ccccc1I. The third kappa shape index (κ3) is 3.44. The molecule has 0 bridgehead atoms. The van der Waals surface area contributed by atoms with Gasteiger partial charge in [0.2, 0.25) is 0 Å². The van der Waals surface area contributed by atoms with Gasteiger partial charge in [-0.25, -0.2) is 10.4 Å². The number of halogens is 1. The van der Waals surface area contributed by atoms with Crippen LogP contribution in [0.3, 0.4) is 0 Å². The number of amides is 2. The molecule has 2 amide bonds. The van der Waals surface area contributed by atoms with Gasteiger partial charge in [0.05, 0.1) is 10.9 Å². The van der Waals surface area contributed by atoms with E-state index >= 15 is 0 Å². The van der Waals surface area contributed by atoms with Crippen LogP contribution < -0.4 is 16.0 Å². The number of fused-ring (bicyclic) bond motifs is 1. The number of nitrogens with zero attached hydrogens (tertiary/aromatic N) is 2. The average Bonchev–Trinajstić information content (AvgIpc) is 2.55. The Morgan fingerprint density at radius 2 is 1.87 bits per heavy atom. The minimum absolute atomic E-state index is 0.201. The second-order valence-corrected chi connectivity index (χ2v) is 5.84. The Bertz CT molecular complexity index is 989. The lowest BCUT2D eigenvalue weighted by molar-refractivity contribution is -0.114. The molecule has 2 aromatic rings. The van der Waals surface area contributed by atoms with Crippen LogP contribution in [0.4, 0.5) is 0 Å². The highest BCUT2D eigenvalue weighted by Crippen LogP contribution is 2.10. The molecule has 3 rings (SSSR count). The maximum atomic E-state index is 12.0. The molecule has 0 unspecified atom stereocenters. The standard InChI is InChI=1S/C17H10IN3O2/c18-14-7-3-2-6-13(14)17(23)21-19-10-12-9-11-5-1-4-8-15(11)20-16(12)22/h1-9H,(H,21,23). The highest BCUT2D eigenvalue weighted by atomic mass is 127. The van der Waals surface area contributed by atoms with E-state index in [4.69, 9.17) is 0 Å². The van der Waals surface area contributed by atoms with Gasteiger partial charge in [-0.15, -0.1) is 5.10 Å². The van der Waals surface area contributed by atoms with Crippen molar-refractivity contribution < 1.29 is 9.59 Å². The lowest BCUT2D eigenvalue weighted by atomic mass is 10.1. The van der Waals surface area contributed by atoms with E-state index < -0.39 is 5.91 Å². The molecular formula is C17H10IN3O2. The summed E-state index contributed by atoms with van der Waals surface area (Å²) in [6.07, 6.45) is 1.65. The summed E-state index contributed by atoms with van der Waals surface area (Å²) >= 11 is 2.07. The van der Waals surface area contributed by atoms with Gasteiger partial charge in [-0.05, 0) is 46.9 Å². The first-order valence-electron chi connectivity index (χ1n) is 6.72. The number of hydrogen-bond acceptors (Lipinski definition) is 3. The highest BCUT2D eigenvalue weighted by molar-refractivity contribution is 14.1. The van der Waals surface area contributed by atoms with Gasteiger partial charge in [0.25, 0.3) is 11.8 Å². The van der Waals surface area contributed by atoms with Crippen molar-refractivity contribution in [3.05, 3.63) is 73.8 Å². The van der Waals surface area contributed by atoms with Crippen molar-refractivity contribution in [3.63, 3.8) is 0 Å². The van der Waals surface area contributed by atoms with Crippen LogP contribution in [0.25, 0.3) is 6.08 Å². The van der Waals surface area contributed by atoms with E-state index in [1.54, 1.807) is 24.3 Å². The first-order valence-corrected chi connectivity index (χ1v) is 7.80. The molecule has 0 saturated carbocycles. The number of carbonyl (C=O) groups excluding carboxylic acids is 2. The Morgan fingerprint density at radius 1 is 1.13 bits per heavy atom. The number of benzene rings is 2. The van der Waals surface area contributed by atoms with Gasteiger partial charge in [0.15, 0.2) is 0 Å². The van der Waals surface area contributed by atoms with Gasteiger partial charge in [0, 0.05) is 14.7 Å². The van der Waals surface area contributed by atoms with Gasteiger partial charge in [0.1, 0.15) is 5.57 Å². The Balaban J connectivity index is 1.86. The topological polar surface area (TPSA) is 70.9 Å². The van der Waals surface area contributed by atoms with E-state index in [9.17, 15) is 9.59 Å². The van der Waals surface area contributed by atoms with Gasteiger partial charge >= 0.3 is 0 Å². The molecule has 112 valence electrons. The number of carbonyl (C=O) groups is 2. The summed E-state index contributed by atoms with van der Waals surface area (Å²) in [6.45, 7) is 0. The van der Waals surface area contributed by atoms with E-state index in [0.717, 1.165) is 8.79 Å². The molecule has 0 aromatic heterocycles. The van der Waals surface area contributed by atoms with Crippen molar-refractivity contribution in [2.24, 2.45) is 10.1 Å². The molecule has 23 heavy (non-hydrogen) atoms. The molecule has 2 aromatic carbocycles. The second-order valence-electron chi connectivity index (χ2n) is 4.68. The van der Waals surface area contributed by atoms with Crippen molar-refractivity contribution >= 4 is 46.4 Å². The summed E-state index contributed by atoms with van der Waals surface area (Å²) < 4.78 is 0.815. The van der Waals surface area contributed by atoms with E-state index in [1.807, 2.05) is 30.3 Å². The predicted octanol–water partition coefficient (Wildman–Crippen LogP) is 1.17. The summed E-state index contributed by atoms with van der Waals surface area (Å²) in [5, 5.41) is 5.16. The predicted molar refractivity (Wildman–Crippen MR) is 94.3 cm³/mol. The summed E-state index contributed by atoms with van der Waals surface area (Å²) in [4.78, 5) is 27.8. The Kier molecular flexibility index (Phi) is 4.45. The fraction of sp³-hybridized carbons (Fsp3) is 0. The number of hydrazone groups is 1. The minimum Gasteiger partial charge on any atom is -0.267 e. The van der Waals surface area contributed by atoms with Crippen LogP contribution in [-0.2, 0) is 4.79 Å². The van der Waals surface area contributed by atoms with E-state index in [2.05, 4.69) is 44.0 Å². The molecule has 1 aliphatic heterocycles. The van der Waals surface area contributed by atoms with Crippen LogP contribution in [0.2, 0.25) is 0 Å². The van der Waals surface area contributed by atoms with Crippen molar-refractivity contribution in [1.29, 1.82) is 0 Å². The lowest BCUT2D eigenvalue weighted by Crippen LogP contribution is -2.30. The van der Waals surface area contributed by atoms with Gasteiger partial charge < -0.3 is 0 Å². The third-order valence-electron chi connectivity index (χ3n) is 3.14. The molecule has 0 atom stereocenters. The van der Waals surface area contributed by atoms with Crippen LogP contribution in [0, 0.1) is 3.57 Å². The average molecular weight is 415 g/mol. The molecule has 0 saturated heterocycles. The van der Waals surface area contributed by atoms with Crippen LogP contribution in [0.15, 0.2) is 64.2 Å². The van der Waals surface area contributed by atoms with Gasteiger partial charge in [-0.3, -0.25) is 9.59 Å². The summed E-state index contributed by atoms with van der Waals surface area (Å²) in [5.74, 6) is 1.75. The van der Waals surface area contributed by atoms with Crippen molar-refractivity contribution in [1.82, 2.24) is 5.43 Å². The molecule has 1 heterocycles. The highest BCUT2D eigenvalue weighted by Gasteiger charge is 2.10. The van der Waals surface area contributed by atoms with Crippen LogP contribution in [-0.4, -0.2) is 17.7 Å². The largest absolute Gasteiger partial charge is 0.287 e. The first-order chi connectivity index (χ1) is 11.1. The first kappa shape index (κ1) is 15.3. The molecule has 0 aliphatic carbocycles. The lowest BCUT2D eigenvalue weighted by Gasteiger charge is -2.01. The fourth-order valence-electron chi connectivity index (χ4n) is 2.02. The normalized spacial score (nSPS) is 12.4. The molecule has 5 nitrogen and oxygen atoms in total. The van der Waals surface area contributed by atoms with Crippen LogP contribution >= 0.6 is 22.6 Å². The summed E-state index contributed by atoms with van der Waals surface area (Å²) in [6, 6.07) is 14.4. The number of rotatable bonds is 2. The van der Waals surface area contributed by atoms with E-state index in [0.29, 0.717) is 10.9 Å².